The first-order chi connectivity index (χ1) is 22.5. The molecule has 1 aliphatic heterocycles. The van der Waals surface area contributed by atoms with E-state index in [-0.39, 0.29) is 18.1 Å². The van der Waals surface area contributed by atoms with Gasteiger partial charge in [0.15, 0.2) is 0 Å². The Kier molecular flexibility index (Phi) is 9.03. The highest BCUT2D eigenvalue weighted by molar-refractivity contribution is 6.30. The first-order valence-corrected chi connectivity index (χ1v) is 16.7. The average Bonchev–Trinajstić information content (AvgIpc) is 3.53. The van der Waals surface area contributed by atoms with E-state index in [0.29, 0.717) is 36.9 Å². The lowest BCUT2D eigenvalue weighted by Gasteiger charge is -2.43. The molecule has 2 aromatic heterocycles. The van der Waals surface area contributed by atoms with Crippen LogP contribution < -0.4 is 5.32 Å². The van der Waals surface area contributed by atoms with E-state index in [0.717, 1.165) is 55.3 Å². The van der Waals surface area contributed by atoms with Crippen LogP contribution in [0.1, 0.15) is 66.1 Å². The summed E-state index contributed by atoms with van der Waals surface area (Å²) in [4.78, 5) is 40.8. The fourth-order valence-corrected chi connectivity index (χ4v) is 7.39. The van der Waals surface area contributed by atoms with Crippen molar-refractivity contribution in [2.75, 3.05) is 25.0 Å². The van der Waals surface area contributed by atoms with Gasteiger partial charge in [-0.15, -0.1) is 0 Å². The third kappa shape index (κ3) is 6.66. The normalized spacial score (nSPS) is 20.3. The maximum Gasteiger partial charge on any atom is 0.410 e. The molecule has 238 valence electrons. The highest BCUT2D eigenvalue weighted by Gasteiger charge is 2.41. The molecule has 4 aromatic rings. The summed E-state index contributed by atoms with van der Waals surface area (Å²) in [5, 5.41) is 3.84. The topological polar surface area (TPSA) is 92.6 Å². The van der Waals surface area contributed by atoms with Crippen LogP contribution in [0.5, 0.6) is 0 Å². The number of benzene rings is 2. The second kappa shape index (κ2) is 13.6. The second-order valence-electron chi connectivity index (χ2n) is 12.6. The molecule has 2 unspecified atom stereocenters. The van der Waals surface area contributed by atoms with Crippen molar-refractivity contribution in [1.29, 1.82) is 0 Å². The predicted octanol–water partition coefficient (Wildman–Crippen LogP) is 6.26. The van der Waals surface area contributed by atoms with E-state index in [2.05, 4.69) is 33.4 Å². The number of imidazole rings is 1. The smallest absolute Gasteiger partial charge is 0.410 e. The fraction of sp³-hybridized carbons (Fsp3) is 0.389. The molecule has 1 saturated heterocycles. The van der Waals surface area contributed by atoms with Crippen LogP contribution >= 0.6 is 11.6 Å². The van der Waals surface area contributed by atoms with Crippen molar-refractivity contribution in [1.82, 2.24) is 24.3 Å². The lowest BCUT2D eigenvalue weighted by atomic mass is 9.95. The standard InChI is InChI=1S/C36H39ClN6O3/c37-28-13-14-31-27(21-28)12-11-26-7-5-15-39-33(26)34(31)42-18-19-43(36(45)46-30-9-2-1-3-10-30)32(23-42)35(44)40-29-8-4-6-25(20-29)22-41-17-16-38-24-41/h4-8,13-17,20-21,24,30,32,34H,1-3,9-12,18-19,22-23H2,(H,40,44). The predicted molar refractivity (Wildman–Crippen MR) is 177 cm³/mol. The Bertz CT molecular complexity index is 1690. The molecule has 1 N–H and O–H groups in total. The molecule has 3 heterocycles. The largest absolute Gasteiger partial charge is 0.446 e. The maximum atomic E-state index is 14.2. The summed E-state index contributed by atoms with van der Waals surface area (Å²) >= 11 is 6.46. The van der Waals surface area contributed by atoms with Crippen LogP contribution in [0.25, 0.3) is 0 Å². The molecule has 10 heteroatoms. The van der Waals surface area contributed by atoms with Crippen LogP contribution in [0, 0.1) is 0 Å². The van der Waals surface area contributed by atoms with Crippen molar-refractivity contribution < 1.29 is 14.3 Å². The first-order valence-electron chi connectivity index (χ1n) is 16.3. The van der Waals surface area contributed by atoms with Gasteiger partial charge in [0.2, 0.25) is 5.91 Å². The highest BCUT2D eigenvalue weighted by Crippen LogP contribution is 2.38. The summed E-state index contributed by atoms with van der Waals surface area (Å²) in [6.45, 7) is 1.92. The molecule has 2 aliphatic carbocycles. The number of amides is 2. The minimum atomic E-state index is -0.756. The Morgan fingerprint density at radius 2 is 1.83 bits per heavy atom. The van der Waals surface area contributed by atoms with Gasteiger partial charge in [-0.05, 0) is 91.1 Å². The number of carbonyl (C=O) groups is 2. The van der Waals surface area contributed by atoms with Gasteiger partial charge in [0, 0.05) is 55.5 Å². The molecule has 2 atom stereocenters. The molecule has 46 heavy (non-hydrogen) atoms. The van der Waals surface area contributed by atoms with Crippen molar-refractivity contribution in [2.24, 2.45) is 0 Å². The van der Waals surface area contributed by atoms with Crippen molar-refractivity contribution in [3.05, 3.63) is 112 Å². The Hall–Kier alpha value is -4.21. The fourth-order valence-electron chi connectivity index (χ4n) is 7.19. The summed E-state index contributed by atoms with van der Waals surface area (Å²) in [5.74, 6) is -0.240. The molecule has 9 nitrogen and oxygen atoms in total. The number of piperazine rings is 1. The van der Waals surface area contributed by atoms with Crippen LogP contribution in [0.2, 0.25) is 5.02 Å². The molecular weight excluding hydrogens is 600 g/mol. The monoisotopic (exact) mass is 638 g/mol. The Morgan fingerprint density at radius 1 is 0.957 bits per heavy atom. The molecule has 0 radical (unpaired) electrons. The molecular formula is C36H39ClN6O3. The number of rotatable bonds is 6. The van der Waals surface area contributed by atoms with Crippen molar-refractivity contribution in [3.8, 4) is 0 Å². The van der Waals surface area contributed by atoms with Gasteiger partial charge in [-0.2, -0.15) is 0 Å². The number of anilines is 1. The van der Waals surface area contributed by atoms with Crippen molar-refractivity contribution in [2.45, 2.75) is 69.7 Å². The summed E-state index contributed by atoms with van der Waals surface area (Å²) in [5.41, 5.74) is 6.23. The van der Waals surface area contributed by atoms with E-state index in [9.17, 15) is 9.59 Å². The van der Waals surface area contributed by atoms with E-state index >= 15 is 0 Å². The lowest BCUT2D eigenvalue weighted by Crippen LogP contribution is -2.60. The number of fused-ring (bicyclic) bond motifs is 2. The Labute approximate surface area is 274 Å². The third-order valence-corrected chi connectivity index (χ3v) is 9.74. The molecule has 0 bridgehead atoms. The van der Waals surface area contributed by atoms with Gasteiger partial charge in [-0.1, -0.05) is 42.3 Å². The van der Waals surface area contributed by atoms with E-state index < -0.39 is 12.1 Å². The number of hydrogen-bond donors (Lipinski definition) is 1. The second-order valence-corrected chi connectivity index (χ2v) is 13.0. The molecule has 3 aliphatic rings. The molecule has 7 rings (SSSR count). The van der Waals surface area contributed by atoms with Crippen LogP contribution in [-0.4, -0.2) is 68.1 Å². The number of ether oxygens (including phenoxy) is 1. The maximum absolute atomic E-state index is 14.2. The van der Waals surface area contributed by atoms with Crippen LogP contribution in [-0.2, 0) is 28.9 Å². The number of halogens is 1. The molecule has 1 saturated carbocycles. The third-order valence-electron chi connectivity index (χ3n) is 9.50. The van der Waals surface area contributed by atoms with E-state index in [1.807, 2.05) is 53.4 Å². The van der Waals surface area contributed by atoms with Gasteiger partial charge in [-0.3, -0.25) is 19.6 Å². The summed E-state index contributed by atoms with van der Waals surface area (Å²) in [6, 6.07) is 17.1. The number of nitrogens with zero attached hydrogens (tertiary/aromatic N) is 5. The quantitative estimate of drug-likeness (QED) is 0.268. The van der Waals surface area contributed by atoms with Gasteiger partial charge >= 0.3 is 6.09 Å². The summed E-state index contributed by atoms with van der Waals surface area (Å²) in [6.07, 6.45) is 13.5. The SMILES string of the molecule is O=C(Nc1cccc(Cn2ccnc2)c1)C1CN(C2c3ccc(Cl)cc3CCc3cccnc32)CCN1C(=O)OC1CCCCC1. The number of pyridine rings is 1. The van der Waals surface area contributed by atoms with Gasteiger partial charge in [0.25, 0.3) is 0 Å². The van der Waals surface area contributed by atoms with E-state index in [1.54, 1.807) is 17.4 Å². The molecule has 2 amide bonds. The zero-order valence-electron chi connectivity index (χ0n) is 25.9. The Morgan fingerprint density at radius 3 is 2.67 bits per heavy atom. The molecule has 0 spiro atoms. The molecule has 2 fully saturated rings. The van der Waals surface area contributed by atoms with E-state index in [1.165, 1.54) is 17.5 Å². The number of hydrogen-bond acceptors (Lipinski definition) is 6. The highest BCUT2D eigenvalue weighted by atomic mass is 35.5. The first kappa shape index (κ1) is 30.4. The van der Waals surface area contributed by atoms with Gasteiger partial charge in [0.1, 0.15) is 12.1 Å². The minimum absolute atomic E-state index is 0.0996. The number of aromatic nitrogens is 3. The van der Waals surface area contributed by atoms with Crippen molar-refractivity contribution in [3.63, 3.8) is 0 Å². The average molecular weight is 639 g/mol. The number of nitrogens with one attached hydrogen (secondary N) is 1. The van der Waals surface area contributed by atoms with E-state index in [4.69, 9.17) is 21.3 Å². The zero-order chi connectivity index (χ0) is 31.5. The van der Waals surface area contributed by atoms with Gasteiger partial charge in [-0.25, -0.2) is 9.78 Å². The van der Waals surface area contributed by atoms with Gasteiger partial charge < -0.3 is 14.6 Å². The van der Waals surface area contributed by atoms with Crippen molar-refractivity contribution >= 4 is 29.3 Å². The minimum Gasteiger partial charge on any atom is -0.446 e. The van der Waals surface area contributed by atoms with Crippen LogP contribution in [0.3, 0.4) is 0 Å². The van der Waals surface area contributed by atoms with Gasteiger partial charge in [0.05, 0.1) is 18.1 Å². The zero-order valence-corrected chi connectivity index (χ0v) is 26.6. The molecule has 2 aromatic carbocycles. The number of aryl methyl sites for hydroxylation is 2. The van der Waals surface area contributed by atoms with Crippen LogP contribution in [0.15, 0.2) is 79.5 Å². The summed E-state index contributed by atoms with van der Waals surface area (Å²) in [7, 11) is 0. The van der Waals surface area contributed by atoms with Crippen LogP contribution in [0.4, 0.5) is 10.5 Å². The number of carbonyl (C=O) groups excluding carboxylic acids is 2. The Balaban J connectivity index is 1.18. The summed E-state index contributed by atoms with van der Waals surface area (Å²) < 4.78 is 8.00. The lowest BCUT2D eigenvalue weighted by molar-refractivity contribution is -0.123.